The monoisotopic (exact) mass is 240 g/mol. The van der Waals surface area contributed by atoms with Crippen LogP contribution >= 0.6 is 0 Å². The van der Waals surface area contributed by atoms with Crippen molar-refractivity contribution in [2.45, 2.75) is 6.54 Å². The first kappa shape index (κ1) is 12.0. The number of nitrogens with zero attached hydrogens (tertiary/aromatic N) is 2. The average molecular weight is 240 g/mol. The van der Waals surface area contributed by atoms with Crippen LogP contribution in [0.3, 0.4) is 0 Å². The fourth-order valence-electron chi connectivity index (χ4n) is 1.52. The highest BCUT2D eigenvalue weighted by molar-refractivity contribution is 5.79. The molecule has 0 fully saturated rings. The van der Waals surface area contributed by atoms with Crippen molar-refractivity contribution in [3.05, 3.63) is 75.8 Å². The molecule has 0 aliphatic carbocycles. The van der Waals surface area contributed by atoms with E-state index in [1.54, 1.807) is 18.3 Å². The molecule has 4 heteroatoms. The van der Waals surface area contributed by atoms with Gasteiger partial charge in [-0.25, -0.2) is 0 Å². The van der Waals surface area contributed by atoms with Crippen LogP contribution in [0, 0.1) is 10.1 Å². The van der Waals surface area contributed by atoms with E-state index in [1.807, 2.05) is 30.3 Å². The number of rotatable bonds is 4. The molecule has 0 bridgehead atoms. The molecule has 0 unspecified atom stereocenters. The van der Waals surface area contributed by atoms with E-state index in [-0.39, 0.29) is 5.69 Å². The Morgan fingerprint density at radius 2 is 1.72 bits per heavy atom. The standard InChI is InChI=1S/C14H12N2O2/c17-16(18)14-8-6-13(7-9-14)11-15-10-12-4-2-1-3-5-12/h1-10H,11H2. The Bertz CT molecular complexity index is 548. The molecule has 0 amide bonds. The summed E-state index contributed by atoms with van der Waals surface area (Å²) in [7, 11) is 0. The highest BCUT2D eigenvalue weighted by atomic mass is 16.6. The van der Waals surface area contributed by atoms with Gasteiger partial charge < -0.3 is 0 Å². The lowest BCUT2D eigenvalue weighted by molar-refractivity contribution is -0.384. The molecule has 0 spiro atoms. The molecule has 18 heavy (non-hydrogen) atoms. The number of aliphatic imine (C=N–C) groups is 1. The largest absolute Gasteiger partial charge is 0.288 e. The van der Waals surface area contributed by atoms with Gasteiger partial charge in [0.25, 0.3) is 5.69 Å². The van der Waals surface area contributed by atoms with Crippen molar-refractivity contribution in [3.8, 4) is 0 Å². The number of nitro benzene ring substituents is 1. The fraction of sp³-hybridized carbons (Fsp3) is 0.0714. The zero-order valence-electron chi connectivity index (χ0n) is 9.69. The Labute approximate surface area is 105 Å². The SMILES string of the molecule is O=[N+]([O-])c1ccc(CN=Cc2ccccc2)cc1. The van der Waals surface area contributed by atoms with Crippen LogP contribution in [0.5, 0.6) is 0 Å². The normalized spacial score (nSPS) is 10.7. The maximum atomic E-state index is 10.5. The van der Waals surface area contributed by atoms with Crippen molar-refractivity contribution in [2.75, 3.05) is 0 Å². The van der Waals surface area contributed by atoms with Crippen molar-refractivity contribution in [1.82, 2.24) is 0 Å². The second kappa shape index (κ2) is 5.72. The van der Waals surface area contributed by atoms with Gasteiger partial charge in [0.1, 0.15) is 0 Å². The molecule has 0 N–H and O–H groups in total. The summed E-state index contributed by atoms with van der Waals surface area (Å²) in [6.45, 7) is 0.521. The van der Waals surface area contributed by atoms with Crippen LogP contribution in [0.1, 0.15) is 11.1 Å². The minimum atomic E-state index is -0.406. The molecule has 2 aromatic carbocycles. The predicted octanol–water partition coefficient (Wildman–Crippen LogP) is 3.21. The third kappa shape index (κ3) is 3.25. The van der Waals surface area contributed by atoms with E-state index in [0.717, 1.165) is 11.1 Å². The number of hydrogen-bond donors (Lipinski definition) is 0. The predicted molar refractivity (Wildman–Crippen MR) is 70.8 cm³/mol. The molecule has 0 saturated heterocycles. The number of nitro groups is 1. The minimum absolute atomic E-state index is 0.103. The van der Waals surface area contributed by atoms with Gasteiger partial charge in [0, 0.05) is 18.3 Å². The van der Waals surface area contributed by atoms with Gasteiger partial charge in [0.15, 0.2) is 0 Å². The summed E-state index contributed by atoms with van der Waals surface area (Å²) in [4.78, 5) is 14.4. The Hall–Kier alpha value is -2.49. The topological polar surface area (TPSA) is 55.5 Å². The van der Waals surface area contributed by atoms with E-state index in [2.05, 4.69) is 4.99 Å². The zero-order valence-corrected chi connectivity index (χ0v) is 9.69. The van der Waals surface area contributed by atoms with E-state index in [1.165, 1.54) is 12.1 Å². The fourth-order valence-corrected chi connectivity index (χ4v) is 1.52. The van der Waals surface area contributed by atoms with E-state index < -0.39 is 4.92 Å². The lowest BCUT2D eigenvalue weighted by Gasteiger charge is -1.96. The van der Waals surface area contributed by atoms with Gasteiger partial charge in [0.2, 0.25) is 0 Å². The van der Waals surface area contributed by atoms with Crippen LogP contribution < -0.4 is 0 Å². The van der Waals surface area contributed by atoms with Crippen LogP contribution in [0.25, 0.3) is 0 Å². The van der Waals surface area contributed by atoms with Crippen molar-refractivity contribution in [3.63, 3.8) is 0 Å². The summed E-state index contributed by atoms with van der Waals surface area (Å²) < 4.78 is 0. The van der Waals surface area contributed by atoms with E-state index >= 15 is 0 Å². The molecule has 4 nitrogen and oxygen atoms in total. The Kier molecular flexibility index (Phi) is 3.81. The quantitative estimate of drug-likeness (QED) is 0.468. The molecule has 0 aromatic heterocycles. The molecule has 2 rings (SSSR count). The molecule has 0 aliphatic rings. The molecule has 0 aliphatic heterocycles. The zero-order chi connectivity index (χ0) is 12.8. The summed E-state index contributed by atoms with van der Waals surface area (Å²) in [5, 5.41) is 10.5. The third-order valence-corrected chi connectivity index (χ3v) is 2.46. The first-order valence-corrected chi connectivity index (χ1v) is 5.54. The van der Waals surface area contributed by atoms with Gasteiger partial charge in [-0.2, -0.15) is 0 Å². The second-order valence-corrected chi connectivity index (χ2v) is 3.80. The van der Waals surface area contributed by atoms with Gasteiger partial charge in [0.05, 0.1) is 11.5 Å². The number of non-ortho nitro benzene ring substituents is 1. The lowest BCUT2D eigenvalue weighted by atomic mass is 10.2. The molecule has 90 valence electrons. The van der Waals surface area contributed by atoms with Gasteiger partial charge in [-0.1, -0.05) is 42.5 Å². The van der Waals surface area contributed by atoms with Crippen LogP contribution in [-0.4, -0.2) is 11.1 Å². The molecular formula is C14H12N2O2. The van der Waals surface area contributed by atoms with Crippen molar-refractivity contribution in [1.29, 1.82) is 0 Å². The van der Waals surface area contributed by atoms with Gasteiger partial charge in [-0.05, 0) is 11.1 Å². The minimum Gasteiger partial charge on any atom is -0.288 e. The van der Waals surface area contributed by atoms with E-state index in [0.29, 0.717) is 6.54 Å². The van der Waals surface area contributed by atoms with Gasteiger partial charge in [-0.15, -0.1) is 0 Å². The van der Waals surface area contributed by atoms with Crippen LogP contribution in [-0.2, 0) is 6.54 Å². The number of hydrogen-bond acceptors (Lipinski definition) is 3. The van der Waals surface area contributed by atoms with Gasteiger partial charge >= 0.3 is 0 Å². The highest BCUT2D eigenvalue weighted by Gasteiger charge is 2.02. The van der Waals surface area contributed by atoms with E-state index in [4.69, 9.17) is 0 Å². The maximum Gasteiger partial charge on any atom is 0.269 e. The molecular weight excluding hydrogens is 228 g/mol. The molecule has 0 radical (unpaired) electrons. The molecule has 0 atom stereocenters. The van der Waals surface area contributed by atoms with Crippen molar-refractivity contribution in [2.24, 2.45) is 4.99 Å². The lowest BCUT2D eigenvalue weighted by Crippen LogP contribution is -1.89. The summed E-state index contributed by atoms with van der Waals surface area (Å²) in [5.41, 5.74) is 2.10. The van der Waals surface area contributed by atoms with E-state index in [9.17, 15) is 10.1 Å². The van der Waals surface area contributed by atoms with Crippen molar-refractivity contribution >= 4 is 11.9 Å². The van der Waals surface area contributed by atoms with Crippen LogP contribution in [0.2, 0.25) is 0 Å². The first-order chi connectivity index (χ1) is 8.75. The first-order valence-electron chi connectivity index (χ1n) is 5.54. The molecule has 0 heterocycles. The van der Waals surface area contributed by atoms with Crippen molar-refractivity contribution < 1.29 is 4.92 Å². The summed E-state index contributed by atoms with van der Waals surface area (Å²) in [6, 6.07) is 16.2. The Morgan fingerprint density at radius 1 is 1.06 bits per heavy atom. The summed E-state index contributed by atoms with van der Waals surface area (Å²) >= 11 is 0. The smallest absolute Gasteiger partial charge is 0.269 e. The summed E-state index contributed by atoms with van der Waals surface area (Å²) in [5.74, 6) is 0. The highest BCUT2D eigenvalue weighted by Crippen LogP contribution is 2.12. The van der Waals surface area contributed by atoms with Crippen LogP contribution in [0.4, 0.5) is 5.69 Å². The average Bonchev–Trinajstić information content (AvgIpc) is 2.40. The molecule has 0 saturated carbocycles. The van der Waals surface area contributed by atoms with Gasteiger partial charge in [-0.3, -0.25) is 15.1 Å². The Morgan fingerprint density at radius 3 is 2.33 bits per heavy atom. The summed E-state index contributed by atoms with van der Waals surface area (Å²) in [6.07, 6.45) is 1.79. The molecule has 2 aromatic rings. The Balaban J connectivity index is 1.98. The second-order valence-electron chi connectivity index (χ2n) is 3.80. The van der Waals surface area contributed by atoms with Crippen LogP contribution in [0.15, 0.2) is 59.6 Å². The number of benzene rings is 2. The maximum absolute atomic E-state index is 10.5. The third-order valence-electron chi connectivity index (χ3n) is 2.46.